The molecular formula is C11H8O3. The molecule has 1 rings (SSSR count). The molecule has 0 amide bonds. The van der Waals surface area contributed by atoms with Gasteiger partial charge in [0, 0.05) is 17.0 Å². The molecule has 14 heavy (non-hydrogen) atoms. The zero-order chi connectivity index (χ0) is 10.6. The molecule has 1 N–H and O–H groups in total. The number of aldehydes is 1. The SMILES string of the molecule is Cc1cc(C#CC(=O)O)cc(C=O)c1. The fourth-order valence-corrected chi connectivity index (χ4v) is 1.08. The second-order valence-electron chi connectivity index (χ2n) is 2.81. The van der Waals surface area contributed by atoms with Gasteiger partial charge in [-0.25, -0.2) is 4.79 Å². The lowest BCUT2D eigenvalue weighted by atomic mass is 10.1. The van der Waals surface area contributed by atoms with Crippen molar-refractivity contribution in [2.75, 3.05) is 0 Å². The average Bonchev–Trinajstić information content (AvgIpc) is 2.14. The highest BCUT2D eigenvalue weighted by Crippen LogP contribution is 2.06. The quantitative estimate of drug-likeness (QED) is 0.533. The van der Waals surface area contributed by atoms with E-state index in [1.807, 2.05) is 12.8 Å². The molecule has 0 saturated heterocycles. The zero-order valence-electron chi connectivity index (χ0n) is 7.57. The van der Waals surface area contributed by atoms with Crippen LogP contribution in [0.5, 0.6) is 0 Å². The van der Waals surface area contributed by atoms with Crippen LogP contribution >= 0.6 is 0 Å². The van der Waals surface area contributed by atoms with Crippen LogP contribution in [0.4, 0.5) is 0 Å². The van der Waals surface area contributed by atoms with Gasteiger partial charge in [0.1, 0.15) is 6.29 Å². The van der Waals surface area contributed by atoms with Crippen molar-refractivity contribution in [1.82, 2.24) is 0 Å². The number of aryl methyl sites for hydroxylation is 1. The summed E-state index contributed by atoms with van der Waals surface area (Å²) in [4.78, 5) is 20.7. The first-order valence-corrected chi connectivity index (χ1v) is 3.93. The van der Waals surface area contributed by atoms with Crippen LogP contribution in [0, 0.1) is 18.8 Å². The third-order valence-corrected chi connectivity index (χ3v) is 1.55. The first kappa shape index (κ1) is 10.0. The van der Waals surface area contributed by atoms with Crippen molar-refractivity contribution < 1.29 is 14.7 Å². The number of aliphatic carboxylic acids is 1. The maximum Gasteiger partial charge on any atom is 0.382 e. The van der Waals surface area contributed by atoms with Crippen LogP contribution in [0.1, 0.15) is 21.5 Å². The average molecular weight is 188 g/mol. The number of carboxylic acids is 1. The van der Waals surface area contributed by atoms with Crippen LogP contribution in [-0.4, -0.2) is 17.4 Å². The number of benzene rings is 1. The minimum Gasteiger partial charge on any atom is -0.472 e. The third kappa shape index (κ3) is 2.76. The van der Waals surface area contributed by atoms with Gasteiger partial charge in [-0.2, -0.15) is 0 Å². The summed E-state index contributed by atoms with van der Waals surface area (Å²) in [5.74, 6) is 3.26. The van der Waals surface area contributed by atoms with E-state index in [4.69, 9.17) is 5.11 Å². The van der Waals surface area contributed by atoms with Gasteiger partial charge >= 0.3 is 5.97 Å². The lowest BCUT2D eigenvalue weighted by molar-refractivity contribution is -0.130. The molecule has 0 saturated carbocycles. The first-order chi connectivity index (χ1) is 6.61. The lowest BCUT2D eigenvalue weighted by Crippen LogP contribution is -1.89. The molecule has 3 nitrogen and oxygen atoms in total. The van der Waals surface area contributed by atoms with Crippen molar-refractivity contribution in [2.24, 2.45) is 0 Å². The molecule has 0 fully saturated rings. The Balaban J connectivity index is 3.11. The molecule has 0 aliphatic carbocycles. The molecule has 0 aromatic heterocycles. The largest absolute Gasteiger partial charge is 0.472 e. The van der Waals surface area contributed by atoms with Crippen LogP contribution in [0.2, 0.25) is 0 Å². The molecule has 0 aliphatic rings. The van der Waals surface area contributed by atoms with Gasteiger partial charge in [-0.3, -0.25) is 4.79 Å². The van der Waals surface area contributed by atoms with E-state index in [9.17, 15) is 9.59 Å². The van der Waals surface area contributed by atoms with Gasteiger partial charge < -0.3 is 5.11 Å². The molecule has 0 bridgehead atoms. The predicted molar refractivity (Wildman–Crippen MR) is 51.1 cm³/mol. The van der Waals surface area contributed by atoms with E-state index in [0.717, 1.165) is 5.56 Å². The number of hydrogen-bond acceptors (Lipinski definition) is 2. The van der Waals surface area contributed by atoms with Crippen molar-refractivity contribution >= 4 is 12.3 Å². The highest BCUT2D eigenvalue weighted by molar-refractivity contribution is 5.87. The van der Waals surface area contributed by atoms with Crippen LogP contribution in [0.3, 0.4) is 0 Å². The molecule has 70 valence electrons. The number of carbonyl (C=O) groups is 2. The minimum atomic E-state index is -1.18. The first-order valence-electron chi connectivity index (χ1n) is 3.93. The van der Waals surface area contributed by atoms with Crippen LogP contribution in [-0.2, 0) is 4.79 Å². The van der Waals surface area contributed by atoms with Gasteiger partial charge in [0.25, 0.3) is 0 Å². The molecule has 3 heteroatoms. The van der Waals surface area contributed by atoms with Crippen molar-refractivity contribution in [3.63, 3.8) is 0 Å². The van der Waals surface area contributed by atoms with E-state index in [-0.39, 0.29) is 0 Å². The maximum atomic E-state index is 10.5. The summed E-state index contributed by atoms with van der Waals surface area (Å²) in [6, 6.07) is 4.98. The standard InChI is InChI=1S/C11H8O3/c1-8-4-9(2-3-11(13)14)6-10(5-8)7-12/h4-7H,1H3,(H,13,14). The van der Waals surface area contributed by atoms with Gasteiger partial charge in [-0.1, -0.05) is 5.92 Å². The van der Waals surface area contributed by atoms with E-state index in [1.54, 1.807) is 18.2 Å². The number of carboxylic acid groups (broad SMARTS) is 1. The summed E-state index contributed by atoms with van der Waals surface area (Å²) < 4.78 is 0. The van der Waals surface area contributed by atoms with Gasteiger partial charge in [0.2, 0.25) is 0 Å². The predicted octanol–water partition coefficient (Wildman–Crippen LogP) is 1.24. The summed E-state index contributed by atoms with van der Waals surface area (Å²) in [6.45, 7) is 1.82. The third-order valence-electron chi connectivity index (χ3n) is 1.55. The van der Waals surface area contributed by atoms with E-state index in [2.05, 4.69) is 5.92 Å². The van der Waals surface area contributed by atoms with Crippen LogP contribution in [0.25, 0.3) is 0 Å². The summed E-state index contributed by atoms with van der Waals surface area (Å²) in [7, 11) is 0. The molecule has 0 spiro atoms. The molecule has 1 aromatic carbocycles. The summed E-state index contributed by atoms with van der Waals surface area (Å²) >= 11 is 0. The van der Waals surface area contributed by atoms with E-state index in [1.165, 1.54) is 0 Å². The minimum absolute atomic E-state index is 0.500. The Kier molecular flexibility index (Phi) is 3.03. The molecule has 0 heterocycles. The lowest BCUT2D eigenvalue weighted by Gasteiger charge is -1.96. The van der Waals surface area contributed by atoms with Crippen molar-refractivity contribution in [1.29, 1.82) is 0 Å². The Labute approximate surface area is 81.4 Å². The zero-order valence-corrected chi connectivity index (χ0v) is 7.57. The topological polar surface area (TPSA) is 54.4 Å². The Bertz CT molecular complexity index is 436. The summed E-state index contributed by atoms with van der Waals surface area (Å²) in [5.41, 5.74) is 1.92. The van der Waals surface area contributed by atoms with Crippen molar-refractivity contribution in [3.8, 4) is 11.8 Å². The van der Waals surface area contributed by atoms with Gasteiger partial charge in [0.15, 0.2) is 0 Å². The number of rotatable bonds is 1. The highest BCUT2D eigenvalue weighted by atomic mass is 16.4. The van der Waals surface area contributed by atoms with Crippen LogP contribution in [0.15, 0.2) is 18.2 Å². The van der Waals surface area contributed by atoms with Crippen molar-refractivity contribution in [3.05, 3.63) is 34.9 Å². The van der Waals surface area contributed by atoms with Gasteiger partial charge in [-0.15, -0.1) is 0 Å². The maximum absolute atomic E-state index is 10.5. The normalized spacial score (nSPS) is 8.64. The molecule has 1 aromatic rings. The second-order valence-corrected chi connectivity index (χ2v) is 2.81. The van der Waals surface area contributed by atoms with E-state index in [0.29, 0.717) is 17.4 Å². The molecular weight excluding hydrogens is 180 g/mol. The monoisotopic (exact) mass is 188 g/mol. The van der Waals surface area contributed by atoms with Gasteiger partial charge in [-0.05, 0) is 30.7 Å². The molecule has 0 aliphatic heterocycles. The summed E-state index contributed by atoms with van der Waals surface area (Å²) in [6.07, 6.45) is 0.707. The fraction of sp³-hybridized carbons (Fsp3) is 0.0909. The Morgan fingerprint density at radius 2 is 2.14 bits per heavy atom. The van der Waals surface area contributed by atoms with Gasteiger partial charge in [0.05, 0.1) is 0 Å². The molecule has 0 unspecified atom stereocenters. The number of carbonyl (C=O) groups excluding carboxylic acids is 1. The molecule has 0 radical (unpaired) electrons. The Morgan fingerprint density at radius 3 is 2.71 bits per heavy atom. The smallest absolute Gasteiger partial charge is 0.382 e. The van der Waals surface area contributed by atoms with Crippen molar-refractivity contribution in [2.45, 2.75) is 6.92 Å². The Hall–Kier alpha value is -2.08. The highest BCUT2D eigenvalue weighted by Gasteiger charge is 1.95. The van der Waals surface area contributed by atoms with E-state index < -0.39 is 5.97 Å². The fourth-order valence-electron chi connectivity index (χ4n) is 1.08. The summed E-state index contributed by atoms with van der Waals surface area (Å²) in [5, 5.41) is 8.33. The molecule has 0 atom stereocenters. The van der Waals surface area contributed by atoms with Crippen LogP contribution < -0.4 is 0 Å². The second kappa shape index (κ2) is 4.24. The Morgan fingerprint density at radius 1 is 1.43 bits per heavy atom. The number of hydrogen-bond donors (Lipinski definition) is 1. The van der Waals surface area contributed by atoms with E-state index >= 15 is 0 Å².